The molecule has 1 aliphatic carbocycles. The predicted molar refractivity (Wildman–Crippen MR) is 103 cm³/mol. The first kappa shape index (κ1) is 19.0. The van der Waals surface area contributed by atoms with Crippen LogP contribution in [-0.2, 0) is 11.3 Å². The second-order valence-electron chi connectivity index (χ2n) is 7.41. The summed E-state index contributed by atoms with van der Waals surface area (Å²) in [5, 5.41) is 9.50. The van der Waals surface area contributed by atoms with Gasteiger partial charge in [0.1, 0.15) is 11.6 Å². The maximum atomic E-state index is 12.5. The molecule has 1 atom stereocenters. The van der Waals surface area contributed by atoms with Crippen molar-refractivity contribution >= 4 is 11.7 Å². The molecule has 2 fully saturated rings. The third kappa shape index (κ3) is 4.92. The van der Waals surface area contributed by atoms with E-state index in [0.29, 0.717) is 19.1 Å². The molecule has 1 amide bonds. The molecule has 2 heterocycles. The van der Waals surface area contributed by atoms with Crippen molar-refractivity contribution in [1.29, 1.82) is 0 Å². The number of nitrogens with one attached hydrogen (secondary N) is 3. The number of anilines is 1. The van der Waals surface area contributed by atoms with Crippen molar-refractivity contribution in [1.82, 2.24) is 25.5 Å². The SMILES string of the molecule is CNCc1cc(NC)nc([C@@H]2CCCN2CC(=O)NC2CCCCC2)n1. The number of rotatable bonds is 7. The van der Waals surface area contributed by atoms with Crippen LogP contribution < -0.4 is 16.0 Å². The van der Waals surface area contributed by atoms with Gasteiger partial charge in [-0.1, -0.05) is 19.3 Å². The van der Waals surface area contributed by atoms with Crippen LogP contribution in [-0.4, -0.2) is 54.0 Å². The molecule has 1 aromatic heterocycles. The summed E-state index contributed by atoms with van der Waals surface area (Å²) in [7, 11) is 3.79. The fourth-order valence-corrected chi connectivity index (χ4v) is 4.08. The van der Waals surface area contributed by atoms with Gasteiger partial charge >= 0.3 is 0 Å². The summed E-state index contributed by atoms with van der Waals surface area (Å²) < 4.78 is 0. The minimum absolute atomic E-state index is 0.121. The molecule has 1 saturated heterocycles. The van der Waals surface area contributed by atoms with Crippen LogP contribution in [0.15, 0.2) is 6.07 Å². The Hall–Kier alpha value is -1.73. The van der Waals surface area contributed by atoms with Gasteiger partial charge in [0.25, 0.3) is 0 Å². The van der Waals surface area contributed by atoms with Gasteiger partial charge in [0.2, 0.25) is 5.91 Å². The van der Waals surface area contributed by atoms with E-state index in [1.165, 1.54) is 19.3 Å². The molecule has 3 N–H and O–H groups in total. The van der Waals surface area contributed by atoms with Gasteiger partial charge in [-0.2, -0.15) is 0 Å². The zero-order valence-corrected chi connectivity index (χ0v) is 16.1. The van der Waals surface area contributed by atoms with Crippen LogP contribution in [0.1, 0.15) is 62.5 Å². The normalized spacial score (nSPS) is 21.7. The molecule has 0 spiro atoms. The van der Waals surface area contributed by atoms with Gasteiger partial charge in [-0.25, -0.2) is 9.97 Å². The molecule has 0 unspecified atom stereocenters. The highest BCUT2D eigenvalue weighted by molar-refractivity contribution is 5.78. The topological polar surface area (TPSA) is 82.2 Å². The van der Waals surface area contributed by atoms with E-state index in [2.05, 4.69) is 25.8 Å². The van der Waals surface area contributed by atoms with Crippen LogP contribution in [0.5, 0.6) is 0 Å². The lowest BCUT2D eigenvalue weighted by molar-refractivity contribution is -0.123. The van der Waals surface area contributed by atoms with Crippen LogP contribution in [0, 0.1) is 0 Å². The molecule has 0 aromatic carbocycles. The molecule has 1 aromatic rings. The first-order valence-corrected chi connectivity index (χ1v) is 9.93. The quantitative estimate of drug-likeness (QED) is 0.688. The number of aromatic nitrogens is 2. The third-order valence-corrected chi connectivity index (χ3v) is 5.39. The zero-order chi connectivity index (χ0) is 18.4. The van der Waals surface area contributed by atoms with Crippen LogP contribution >= 0.6 is 0 Å². The van der Waals surface area contributed by atoms with Crippen molar-refractivity contribution in [3.63, 3.8) is 0 Å². The summed E-state index contributed by atoms with van der Waals surface area (Å²) in [6.07, 6.45) is 8.09. The predicted octanol–water partition coefficient (Wildman–Crippen LogP) is 1.82. The highest BCUT2D eigenvalue weighted by Crippen LogP contribution is 2.30. The number of carbonyl (C=O) groups is 1. The van der Waals surface area contributed by atoms with Gasteiger partial charge in [0.05, 0.1) is 18.3 Å². The number of likely N-dealkylation sites (tertiary alicyclic amines) is 1. The summed E-state index contributed by atoms with van der Waals surface area (Å²) in [4.78, 5) is 24.2. The van der Waals surface area contributed by atoms with Crippen molar-refractivity contribution in [3.8, 4) is 0 Å². The summed E-state index contributed by atoms with van der Waals surface area (Å²) in [6, 6.07) is 2.45. The lowest BCUT2D eigenvalue weighted by Gasteiger charge is -2.26. The van der Waals surface area contributed by atoms with Crippen LogP contribution in [0.4, 0.5) is 5.82 Å². The first-order valence-electron chi connectivity index (χ1n) is 9.93. The molecule has 144 valence electrons. The Morgan fingerprint density at radius 1 is 1.15 bits per heavy atom. The maximum absolute atomic E-state index is 12.5. The highest BCUT2D eigenvalue weighted by atomic mass is 16.2. The largest absolute Gasteiger partial charge is 0.373 e. The molecule has 7 nitrogen and oxygen atoms in total. The molecular weight excluding hydrogens is 328 g/mol. The van der Waals surface area contributed by atoms with Gasteiger partial charge in [-0.05, 0) is 39.3 Å². The lowest BCUT2D eigenvalue weighted by atomic mass is 9.95. The minimum Gasteiger partial charge on any atom is -0.373 e. The standard InChI is InChI=1S/C19H32N6O/c1-20-12-15-11-17(21-2)24-19(23-15)16-9-6-10-25(16)13-18(26)22-14-7-4-3-5-8-14/h11,14,16,20H,3-10,12-13H2,1-2H3,(H,22,26)(H,21,23,24)/t16-/m0/s1. The summed E-state index contributed by atoms with van der Waals surface area (Å²) in [5.74, 6) is 1.80. The second-order valence-corrected chi connectivity index (χ2v) is 7.41. The van der Waals surface area contributed by atoms with E-state index < -0.39 is 0 Å². The van der Waals surface area contributed by atoms with Gasteiger partial charge in [0, 0.05) is 25.7 Å². The zero-order valence-electron chi connectivity index (χ0n) is 16.1. The fraction of sp³-hybridized carbons (Fsp3) is 0.737. The summed E-state index contributed by atoms with van der Waals surface area (Å²) in [6.45, 7) is 2.08. The van der Waals surface area contributed by atoms with E-state index in [1.807, 2.05) is 20.2 Å². The average Bonchev–Trinajstić information content (AvgIpc) is 3.10. The fourth-order valence-electron chi connectivity index (χ4n) is 4.08. The molecule has 7 heteroatoms. The van der Waals surface area contributed by atoms with Crippen LogP contribution in [0.2, 0.25) is 0 Å². The Morgan fingerprint density at radius 2 is 1.96 bits per heavy atom. The van der Waals surface area contributed by atoms with Crippen molar-refractivity contribution in [2.75, 3.05) is 32.5 Å². The third-order valence-electron chi connectivity index (χ3n) is 5.39. The van der Waals surface area contributed by atoms with E-state index in [0.717, 1.165) is 49.6 Å². The minimum atomic E-state index is 0.121. The molecule has 3 rings (SSSR count). The number of amides is 1. The molecular formula is C19H32N6O. The number of hydrogen-bond acceptors (Lipinski definition) is 6. The molecule has 26 heavy (non-hydrogen) atoms. The van der Waals surface area contributed by atoms with E-state index >= 15 is 0 Å². The Morgan fingerprint density at radius 3 is 2.69 bits per heavy atom. The Kier molecular flexibility index (Phi) is 6.80. The van der Waals surface area contributed by atoms with E-state index in [-0.39, 0.29) is 11.9 Å². The smallest absolute Gasteiger partial charge is 0.234 e. The average molecular weight is 361 g/mol. The van der Waals surface area contributed by atoms with E-state index in [1.54, 1.807) is 0 Å². The van der Waals surface area contributed by atoms with Crippen molar-refractivity contribution in [3.05, 3.63) is 17.6 Å². The Balaban J connectivity index is 1.65. The molecule has 1 saturated carbocycles. The van der Waals surface area contributed by atoms with Crippen molar-refractivity contribution < 1.29 is 4.79 Å². The molecule has 2 aliphatic rings. The molecule has 1 aliphatic heterocycles. The maximum Gasteiger partial charge on any atom is 0.234 e. The van der Waals surface area contributed by atoms with Gasteiger partial charge in [-0.15, -0.1) is 0 Å². The van der Waals surface area contributed by atoms with Gasteiger partial charge in [0.15, 0.2) is 0 Å². The highest BCUT2D eigenvalue weighted by Gasteiger charge is 2.30. The van der Waals surface area contributed by atoms with Gasteiger partial charge < -0.3 is 16.0 Å². The van der Waals surface area contributed by atoms with Gasteiger partial charge in [-0.3, -0.25) is 9.69 Å². The van der Waals surface area contributed by atoms with Crippen LogP contribution in [0.25, 0.3) is 0 Å². The Labute approximate surface area is 156 Å². The summed E-state index contributed by atoms with van der Waals surface area (Å²) in [5.41, 5.74) is 0.973. The molecule has 0 radical (unpaired) electrons. The van der Waals surface area contributed by atoms with Crippen molar-refractivity contribution in [2.24, 2.45) is 0 Å². The number of carbonyl (C=O) groups excluding carboxylic acids is 1. The van der Waals surface area contributed by atoms with E-state index in [9.17, 15) is 4.79 Å². The van der Waals surface area contributed by atoms with Crippen LogP contribution in [0.3, 0.4) is 0 Å². The summed E-state index contributed by atoms with van der Waals surface area (Å²) >= 11 is 0. The first-order chi connectivity index (χ1) is 12.7. The Bertz CT molecular complexity index is 602. The second kappa shape index (κ2) is 9.28. The van der Waals surface area contributed by atoms with Crippen molar-refractivity contribution in [2.45, 2.75) is 63.6 Å². The lowest BCUT2D eigenvalue weighted by Crippen LogP contribution is -2.42. The van der Waals surface area contributed by atoms with E-state index in [4.69, 9.17) is 4.98 Å². The monoisotopic (exact) mass is 360 g/mol. The number of nitrogens with zero attached hydrogens (tertiary/aromatic N) is 3. The number of hydrogen-bond donors (Lipinski definition) is 3. The molecule has 0 bridgehead atoms.